The maximum atomic E-state index is 12.1. The minimum absolute atomic E-state index is 0.246. The summed E-state index contributed by atoms with van der Waals surface area (Å²) in [5.74, 6) is -0.254. The molecule has 1 aromatic heterocycles. The lowest BCUT2D eigenvalue weighted by atomic mass is 10.00. The average Bonchev–Trinajstić information content (AvgIpc) is 2.95. The molecule has 5 nitrogen and oxygen atoms in total. The van der Waals surface area contributed by atoms with Gasteiger partial charge in [0, 0.05) is 11.6 Å². The van der Waals surface area contributed by atoms with Gasteiger partial charge in [0.1, 0.15) is 5.54 Å². The molecule has 1 atom stereocenters. The molecule has 0 saturated carbocycles. The van der Waals surface area contributed by atoms with Crippen molar-refractivity contribution in [2.24, 2.45) is 5.73 Å². The van der Waals surface area contributed by atoms with Gasteiger partial charge in [-0.15, -0.1) is 0 Å². The largest absolute Gasteiger partial charge is 0.379 e. The fourth-order valence-corrected chi connectivity index (χ4v) is 3.07. The Kier molecular flexibility index (Phi) is 3.18. The van der Waals surface area contributed by atoms with Gasteiger partial charge in [-0.1, -0.05) is 22.9 Å². The number of nitrogens with zero attached hydrogens (tertiary/aromatic N) is 1. The number of carbonyl (C=O) groups excluding carboxylic acids is 1. The standard InChI is InChI=1S/C12H12ClN3O2S/c13-7-1-2-8-9(5-7)19-11(15-8)16-10(17)12(14)3-4-18-6-12/h1-2,5H,3-4,6,14H2,(H,15,16,17). The summed E-state index contributed by atoms with van der Waals surface area (Å²) in [6.45, 7) is 0.759. The smallest absolute Gasteiger partial charge is 0.248 e. The fraction of sp³-hybridized carbons (Fsp3) is 0.333. The van der Waals surface area contributed by atoms with Crippen LogP contribution in [0.25, 0.3) is 10.2 Å². The summed E-state index contributed by atoms with van der Waals surface area (Å²) in [5.41, 5.74) is 5.84. The molecule has 7 heteroatoms. The summed E-state index contributed by atoms with van der Waals surface area (Å²) in [6.07, 6.45) is 0.523. The van der Waals surface area contributed by atoms with E-state index in [1.165, 1.54) is 11.3 Å². The van der Waals surface area contributed by atoms with Crippen molar-refractivity contribution in [3.8, 4) is 0 Å². The van der Waals surface area contributed by atoms with Crippen LogP contribution in [-0.2, 0) is 9.53 Å². The van der Waals surface area contributed by atoms with Crippen LogP contribution in [0.15, 0.2) is 18.2 Å². The van der Waals surface area contributed by atoms with Crippen molar-refractivity contribution in [3.05, 3.63) is 23.2 Å². The van der Waals surface area contributed by atoms with Crippen LogP contribution in [0.3, 0.4) is 0 Å². The average molecular weight is 298 g/mol. The van der Waals surface area contributed by atoms with E-state index < -0.39 is 5.54 Å². The van der Waals surface area contributed by atoms with E-state index in [9.17, 15) is 4.79 Å². The van der Waals surface area contributed by atoms with Crippen molar-refractivity contribution in [3.63, 3.8) is 0 Å². The highest BCUT2D eigenvalue weighted by Crippen LogP contribution is 2.29. The number of thiazole rings is 1. The van der Waals surface area contributed by atoms with Crippen molar-refractivity contribution in [2.45, 2.75) is 12.0 Å². The number of nitrogens with one attached hydrogen (secondary N) is 1. The number of benzene rings is 1. The third-order valence-corrected chi connectivity index (χ3v) is 4.24. The third-order valence-electron chi connectivity index (χ3n) is 3.08. The Morgan fingerprint density at radius 3 is 3.16 bits per heavy atom. The van der Waals surface area contributed by atoms with Crippen molar-refractivity contribution in [1.82, 2.24) is 4.98 Å². The summed E-state index contributed by atoms with van der Waals surface area (Å²) >= 11 is 7.29. The van der Waals surface area contributed by atoms with Gasteiger partial charge in [0.05, 0.1) is 16.8 Å². The number of aromatic nitrogens is 1. The van der Waals surface area contributed by atoms with Crippen LogP contribution in [0.4, 0.5) is 5.13 Å². The second kappa shape index (κ2) is 4.72. The number of fused-ring (bicyclic) bond motifs is 1. The first-order valence-electron chi connectivity index (χ1n) is 5.81. The second-order valence-electron chi connectivity index (χ2n) is 4.54. The van der Waals surface area contributed by atoms with Crippen LogP contribution in [0.2, 0.25) is 5.02 Å². The Bertz CT molecular complexity index is 637. The summed E-state index contributed by atoms with van der Waals surface area (Å²) < 4.78 is 6.10. The molecule has 1 unspecified atom stereocenters. The van der Waals surface area contributed by atoms with Crippen LogP contribution >= 0.6 is 22.9 Å². The van der Waals surface area contributed by atoms with Crippen LogP contribution in [0, 0.1) is 0 Å². The molecule has 1 amide bonds. The molecule has 1 aliphatic heterocycles. The molecule has 0 bridgehead atoms. The molecule has 1 aliphatic rings. The number of amides is 1. The number of anilines is 1. The lowest BCUT2D eigenvalue weighted by Gasteiger charge is -2.19. The van der Waals surface area contributed by atoms with Gasteiger partial charge in [-0.2, -0.15) is 0 Å². The number of carbonyl (C=O) groups is 1. The van der Waals surface area contributed by atoms with E-state index >= 15 is 0 Å². The van der Waals surface area contributed by atoms with Crippen LogP contribution in [-0.4, -0.2) is 29.6 Å². The minimum Gasteiger partial charge on any atom is -0.379 e. The van der Waals surface area contributed by atoms with Gasteiger partial charge in [0.25, 0.3) is 0 Å². The minimum atomic E-state index is -0.949. The number of hydrogen-bond acceptors (Lipinski definition) is 5. The van der Waals surface area contributed by atoms with Gasteiger partial charge in [0.15, 0.2) is 5.13 Å². The molecule has 1 fully saturated rings. The maximum Gasteiger partial charge on any atom is 0.248 e. The van der Waals surface area contributed by atoms with E-state index in [2.05, 4.69) is 10.3 Å². The molecular weight excluding hydrogens is 286 g/mol. The van der Waals surface area contributed by atoms with Crippen LogP contribution in [0.1, 0.15) is 6.42 Å². The van der Waals surface area contributed by atoms with E-state index in [0.29, 0.717) is 23.2 Å². The first-order valence-corrected chi connectivity index (χ1v) is 7.00. The number of hydrogen-bond donors (Lipinski definition) is 2. The normalized spacial score (nSPS) is 22.8. The van der Waals surface area contributed by atoms with Crippen LogP contribution < -0.4 is 11.1 Å². The molecular formula is C12H12ClN3O2S. The molecule has 1 aromatic carbocycles. The van der Waals surface area contributed by atoms with Gasteiger partial charge in [-0.3, -0.25) is 4.79 Å². The lowest BCUT2D eigenvalue weighted by molar-refractivity contribution is -0.121. The summed E-state index contributed by atoms with van der Waals surface area (Å²) in [6, 6.07) is 5.41. The quantitative estimate of drug-likeness (QED) is 0.889. The Morgan fingerprint density at radius 1 is 1.58 bits per heavy atom. The molecule has 2 aromatic rings. The monoisotopic (exact) mass is 297 g/mol. The van der Waals surface area contributed by atoms with E-state index in [-0.39, 0.29) is 12.5 Å². The van der Waals surface area contributed by atoms with Crippen LogP contribution in [0.5, 0.6) is 0 Å². The number of rotatable bonds is 2. The Hall–Kier alpha value is -1.21. The van der Waals surface area contributed by atoms with Gasteiger partial charge in [-0.25, -0.2) is 4.98 Å². The predicted octanol–water partition coefficient (Wildman–Crippen LogP) is 2.01. The Labute approximate surface area is 118 Å². The van der Waals surface area contributed by atoms with Gasteiger partial charge < -0.3 is 15.8 Å². The summed E-state index contributed by atoms with van der Waals surface area (Å²) in [4.78, 5) is 16.4. The highest BCUT2D eigenvalue weighted by molar-refractivity contribution is 7.22. The first-order chi connectivity index (χ1) is 9.07. The highest BCUT2D eigenvalue weighted by atomic mass is 35.5. The molecule has 3 N–H and O–H groups in total. The molecule has 19 heavy (non-hydrogen) atoms. The molecule has 0 spiro atoms. The fourth-order valence-electron chi connectivity index (χ4n) is 1.93. The number of ether oxygens (including phenoxy) is 1. The van der Waals surface area contributed by atoms with E-state index in [0.717, 1.165) is 10.2 Å². The molecule has 2 heterocycles. The Balaban J connectivity index is 1.83. The van der Waals surface area contributed by atoms with Crippen molar-refractivity contribution >= 4 is 44.2 Å². The predicted molar refractivity (Wildman–Crippen MR) is 75.6 cm³/mol. The maximum absolute atomic E-state index is 12.1. The molecule has 0 aliphatic carbocycles. The Morgan fingerprint density at radius 2 is 2.42 bits per heavy atom. The second-order valence-corrected chi connectivity index (χ2v) is 6.01. The summed E-state index contributed by atoms with van der Waals surface area (Å²) in [5, 5.41) is 3.93. The van der Waals surface area contributed by atoms with Crippen molar-refractivity contribution < 1.29 is 9.53 Å². The van der Waals surface area contributed by atoms with E-state index in [1.54, 1.807) is 6.07 Å². The topological polar surface area (TPSA) is 77.2 Å². The molecule has 3 rings (SSSR count). The SMILES string of the molecule is NC1(C(=O)Nc2nc3ccc(Cl)cc3s2)CCOC1. The zero-order chi connectivity index (χ0) is 13.5. The number of nitrogens with two attached hydrogens (primary N) is 1. The van der Waals surface area contributed by atoms with Gasteiger partial charge >= 0.3 is 0 Å². The highest BCUT2D eigenvalue weighted by Gasteiger charge is 2.38. The van der Waals surface area contributed by atoms with E-state index in [4.69, 9.17) is 22.1 Å². The molecule has 1 saturated heterocycles. The molecule has 100 valence electrons. The van der Waals surface area contributed by atoms with E-state index in [1.807, 2.05) is 12.1 Å². The zero-order valence-corrected chi connectivity index (χ0v) is 11.6. The van der Waals surface area contributed by atoms with Crippen molar-refractivity contribution in [2.75, 3.05) is 18.5 Å². The van der Waals surface area contributed by atoms with Gasteiger partial charge in [0.2, 0.25) is 5.91 Å². The summed E-state index contributed by atoms with van der Waals surface area (Å²) in [7, 11) is 0. The third kappa shape index (κ3) is 2.44. The first kappa shape index (κ1) is 12.8. The van der Waals surface area contributed by atoms with Crippen molar-refractivity contribution in [1.29, 1.82) is 0 Å². The zero-order valence-electron chi connectivity index (χ0n) is 9.98. The van der Waals surface area contributed by atoms with Gasteiger partial charge in [-0.05, 0) is 24.6 Å². The lowest BCUT2D eigenvalue weighted by Crippen LogP contribution is -2.51. The number of halogens is 1. The molecule has 0 radical (unpaired) electrons.